The summed E-state index contributed by atoms with van der Waals surface area (Å²) in [7, 11) is 0. The van der Waals surface area contributed by atoms with Crippen LogP contribution in [-0.2, 0) is 4.74 Å². The lowest BCUT2D eigenvalue weighted by Gasteiger charge is -2.38. The van der Waals surface area contributed by atoms with Crippen LogP contribution in [0.25, 0.3) is 0 Å². The summed E-state index contributed by atoms with van der Waals surface area (Å²) in [5, 5.41) is 0. The summed E-state index contributed by atoms with van der Waals surface area (Å²) in [5.41, 5.74) is -0.403. The summed E-state index contributed by atoms with van der Waals surface area (Å²) in [6.07, 6.45) is 6.26. The second kappa shape index (κ2) is 3.79. The Balaban J connectivity index is 2.04. The first-order valence-corrected chi connectivity index (χ1v) is 6.06. The monoisotopic (exact) mass is 223 g/mol. The fraction of sp³-hybridized carbons (Fsp3) is 0.769. The first-order chi connectivity index (χ1) is 7.37. The standard InChI is InChI=1S/C13H21NO2/c1-9-7-10-5-6-11(8-9)14(10)12(15)16-13(2,3)4/h5-6,9-11H,7-8H2,1-4H3/t9?,10-,11+. The Hall–Kier alpha value is -0.990. The van der Waals surface area contributed by atoms with E-state index in [9.17, 15) is 4.79 Å². The zero-order chi connectivity index (χ0) is 11.9. The number of hydrogen-bond acceptors (Lipinski definition) is 2. The minimum absolute atomic E-state index is 0.167. The molecule has 2 aliphatic heterocycles. The van der Waals surface area contributed by atoms with Crippen LogP contribution in [0, 0.1) is 5.92 Å². The van der Waals surface area contributed by atoms with E-state index in [-0.39, 0.29) is 18.2 Å². The first-order valence-electron chi connectivity index (χ1n) is 6.06. The topological polar surface area (TPSA) is 29.5 Å². The molecule has 0 N–H and O–H groups in total. The van der Waals surface area contributed by atoms with E-state index in [0.717, 1.165) is 12.8 Å². The molecule has 1 unspecified atom stereocenters. The highest BCUT2D eigenvalue weighted by Gasteiger charge is 2.40. The maximum absolute atomic E-state index is 12.0. The minimum Gasteiger partial charge on any atom is -0.444 e. The minimum atomic E-state index is -0.403. The summed E-state index contributed by atoms with van der Waals surface area (Å²) in [5.74, 6) is 0.698. The van der Waals surface area contributed by atoms with Gasteiger partial charge in [-0.05, 0) is 39.5 Å². The van der Waals surface area contributed by atoms with Crippen molar-refractivity contribution in [3.8, 4) is 0 Å². The van der Waals surface area contributed by atoms with E-state index < -0.39 is 5.60 Å². The van der Waals surface area contributed by atoms with E-state index in [1.807, 2.05) is 25.7 Å². The SMILES string of the molecule is CC1C[C@H]2C=C[C@@H](C1)N2C(=O)OC(C)(C)C. The van der Waals surface area contributed by atoms with Crippen LogP contribution in [0.2, 0.25) is 0 Å². The molecule has 3 heteroatoms. The van der Waals surface area contributed by atoms with Gasteiger partial charge in [-0.1, -0.05) is 19.1 Å². The van der Waals surface area contributed by atoms with Crippen LogP contribution in [0.1, 0.15) is 40.5 Å². The van der Waals surface area contributed by atoms with Crippen molar-refractivity contribution in [2.24, 2.45) is 5.92 Å². The molecule has 3 nitrogen and oxygen atoms in total. The Morgan fingerprint density at radius 2 is 1.75 bits per heavy atom. The highest BCUT2D eigenvalue weighted by Crippen LogP contribution is 2.34. The van der Waals surface area contributed by atoms with E-state index in [2.05, 4.69) is 19.1 Å². The molecule has 0 saturated carbocycles. The number of carbonyl (C=O) groups excluding carboxylic acids is 1. The molecule has 1 fully saturated rings. The molecule has 0 radical (unpaired) electrons. The Labute approximate surface area is 97.5 Å². The van der Waals surface area contributed by atoms with Crippen LogP contribution in [0.4, 0.5) is 4.79 Å². The third-order valence-electron chi connectivity index (χ3n) is 3.16. The molecule has 0 aromatic rings. The van der Waals surface area contributed by atoms with Gasteiger partial charge in [0.15, 0.2) is 0 Å². The highest BCUT2D eigenvalue weighted by molar-refractivity contribution is 5.70. The predicted octanol–water partition coefficient (Wildman–Crippen LogP) is 2.96. The van der Waals surface area contributed by atoms with E-state index in [0.29, 0.717) is 5.92 Å². The lowest BCUT2D eigenvalue weighted by atomic mass is 9.92. The van der Waals surface area contributed by atoms with Crippen LogP contribution in [0.5, 0.6) is 0 Å². The van der Waals surface area contributed by atoms with Gasteiger partial charge in [0.2, 0.25) is 0 Å². The molecule has 2 heterocycles. The number of fused-ring (bicyclic) bond motifs is 2. The smallest absolute Gasteiger partial charge is 0.411 e. The molecule has 3 atom stereocenters. The van der Waals surface area contributed by atoms with E-state index in [1.165, 1.54) is 0 Å². The van der Waals surface area contributed by atoms with E-state index in [4.69, 9.17) is 4.74 Å². The van der Waals surface area contributed by atoms with Crippen molar-refractivity contribution in [1.29, 1.82) is 0 Å². The third-order valence-corrected chi connectivity index (χ3v) is 3.16. The van der Waals surface area contributed by atoms with Crippen LogP contribution in [-0.4, -0.2) is 28.7 Å². The predicted molar refractivity (Wildman–Crippen MR) is 63.2 cm³/mol. The molecule has 0 aliphatic carbocycles. The number of rotatable bonds is 0. The van der Waals surface area contributed by atoms with Gasteiger partial charge >= 0.3 is 6.09 Å². The number of ether oxygens (including phenoxy) is 1. The molecule has 2 rings (SSSR count). The second-order valence-corrected chi connectivity index (χ2v) is 5.98. The molecular weight excluding hydrogens is 202 g/mol. The second-order valence-electron chi connectivity index (χ2n) is 5.98. The Bertz CT molecular complexity index is 300. The maximum atomic E-state index is 12.0. The molecule has 0 aromatic heterocycles. The van der Waals surface area contributed by atoms with Gasteiger partial charge in [-0.15, -0.1) is 0 Å². The van der Waals surface area contributed by atoms with Crippen LogP contribution in [0.15, 0.2) is 12.2 Å². The maximum Gasteiger partial charge on any atom is 0.411 e. The van der Waals surface area contributed by atoms with Crippen molar-refractivity contribution >= 4 is 6.09 Å². The fourth-order valence-corrected chi connectivity index (χ4v) is 2.58. The zero-order valence-corrected chi connectivity index (χ0v) is 10.6. The average molecular weight is 223 g/mol. The number of carbonyl (C=O) groups is 1. The molecule has 1 amide bonds. The van der Waals surface area contributed by atoms with Crippen LogP contribution < -0.4 is 0 Å². The summed E-state index contributed by atoms with van der Waals surface area (Å²) >= 11 is 0. The van der Waals surface area contributed by atoms with Crippen molar-refractivity contribution in [1.82, 2.24) is 4.90 Å². The van der Waals surface area contributed by atoms with Crippen molar-refractivity contribution in [2.45, 2.75) is 58.2 Å². The number of hydrogen-bond donors (Lipinski definition) is 0. The normalized spacial score (nSPS) is 33.0. The summed E-state index contributed by atoms with van der Waals surface area (Å²) < 4.78 is 5.44. The van der Waals surface area contributed by atoms with Crippen LogP contribution in [0.3, 0.4) is 0 Å². The number of amides is 1. The fourth-order valence-electron chi connectivity index (χ4n) is 2.58. The lowest BCUT2D eigenvalue weighted by molar-refractivity contribution is 0.00640. The Morgan fingerprint density at radius 3 is 2.19 bits per heavy atom. The van der Waals surface area contributed by atoms with Crippen LogP contribution >= 0.6 is 0 Å². The molecule has 1 saturated heterocycles. The molecule has 16 heavy (non-hydrogen) atoms. The van der Waals surface area contributed by atoms with Gasteiger partial charge in [-0.2, -0.15) is 0 Å². The van der Waals surface area contributed by atoms with E-state index >= 15 is 0 Å². The molecule has 0 aromatic carbocycles. The van der Waals surface area contributed by atoms with Crippen molar-refractivity contribution < 1.29 is 9.53 Å². The summed E-state index contributed by atoms with van der Waals surface area (Å²) in [6, 6.07) is 0.507. The quantitative estimate of drug-likeness (QED) is 0.591. The highest BCUT2D eigenvalue weighted by atomic mass is 16.6. The van der Waals surface area contributed by atoms with Gasteiger partial charge in [-0.3, -0.25) is 4.90 Å². The van der Waals surface area contributed by atoms with Crippen molar-refractivity contribution in [3.63, 3.8) is 0 Å². The van der Waals surface area contributed by atoms with Crippen molar-refractivity contribution in [3.05, 3.63) is 12.2 Å². The molecule has 2 bridgehead atoms. The van der Waals surface area contributed by atoms with Gasteiger partial charge in [-0.25, -0.2) is 4.79 Å². The molecular formula is C13H21NO2. The Kier molecular flexibility index (Phi) is 2.72. The van der Waals surface area contributed by atoms with Gasteiger partial charge in [0.05, 0.1) is 12.1 Å². The third kappa shape index (κ3) is 2.23. The first kappa shape index (κ1) is 11.5. The summed E-state index contributed by atoms with van der Waals surface area (Å²) in [4.78, 5) is 13.9. The molecule has 0 spiro atoms. The average Bonchev–Trinajstić information content (AvgIpc) is 2.36. The van der Waals surface area contributed by atoms with Gasteiger partial charge in [0, 0.05) is 0 Å². The largest absolute Gasteiger partial charge is 0.444 e. The summed E-state index contributed by atoms with van der Waals surface area (Å²) in [6.45, 7) is 7.98. The molecule has 90 valence electrons. The van der Waals surface area contributed by atoms with E-state index in [1.54, 1.807) is 0 Å². The number of nitrogens with zero attached hydrogens (tertiary/aromatic N) is 1. The lowest BCUT2D eigenvalue weighted by Crippen LogP contribution is -2.48. The molecule has 2 aliphatic rings. The Morgan fingerprint density at radius 1 is 1.25 bits per heavy atom. The van der Waals surface area contributed by atoms with Gasteiger partial charge in [0.1, 0.15) is 5.60 Å². The zero-order valence-electron chi connectivity index (χ0n) is 10.6. The van der Waals surface area contributed by atoms with Gasteiger partial charge in [0.25, 0.3) is 0 Å². The van der Waals surface area contributed by atoms with Gasteiger partial charge < -0.3 is 4.74 Å². The van der Waals surface area contributed by atoms with Crippen molar-refractivity contribution in [2.75, 3.05) is 0 Å². The number of piperidine rings is 1.